The Kier molecular flexibility index (Phi) is 9.59. The van der Waals surface area contributed by atoms with E-state index in [0.717, 1.165) is 29.9 Å². The number of likely N-dealkylation sites (N-methyl/N-ethyl adjacent to an activating group) is 1. The minimum absolute atomic E-state index is 0. The van der Waals surface area contributed by atoms with E-state index in [0.29, 0.717) is 29.5 Å². The number of amides is 1. The lowest BCUT2D eigenvalue weighted by Crippen LogP contribution is -2.41. The summed E-state index contributed by atoms with van der Waals surface area (Å²) in [6, 6.07) is 9.96. The molecule has 0 atom stereocenters. The van der Waals surface area contributed by atoms with Crippen molar-refractivity contribution < 1.29 is 22.3 Å². The molecule has 1 heterocycles. The molecule has 0 aliphatic rings. The number of carbonyl (C=O) groups excluding carboxylic acids is 1. The van der Waals surface area contributed by atoms with Gasteiger partial charge in [-0.15, -0.1) is 12.4 Å². The number of sulfone groups is 1. The van der Waals surface area contributed by atoms with Crippen molar-refractivity contribution in [2.24, 2.45) is 0 Å². The van der Waals surface area contributed by atoms with E-state index in [4.69, 9.17) is 4.74 Å². The Balaban J connectivity index is 0.00000385. The van der Waals surface area contributed by atoms with E-state index in [1.54, 1.807) is 13.2 Å². The standard InChI is InChI=1S/C22H26FN3O4S2.ClH/c1-4-25(5-2)13-14-26(22-24-21-18(30-3)7-6-8-19(21)31-22)20(27)15-32(28,29)17-11-9-16(23)10-12-17;/h6-12H,4-5,13-15H2,1-3H3;1H. The van der Waals surface area contributed by atoms with Crippen molar-refractivity contribution in [1.29, 1.82) is 0 Å². The van der Waals surface area contributed by atoms with E-state index in [1.165, 1.54) is 28.4 Å². The lowest BCUT2D eigenvalue weighted by molar-refractivity contribution is -0.116. The number of para-hydroxylation sites is 1. The number of halogens is 2. The summed E-state index contributed by atoms with van der Waals surface area (Å²) in [5.74, 6) is -1.27. The van der Waals surface area contributed by atoms with Crippen LogP contribution in [-0.4, -0.2) is 63.3 Å². The Hall–Kier alpha value is -2.27. The predicted molar refractivity (Wildman–Crippen MR) is 132 cm³/mol. The first-order valence-electron chi connectivity index (χ1n) is 10.2. The molecule has 0 unspecified atom stereocenters. The van der Waals surface area contributed by atoms with Crippen LogP contribution < -0.4 is 9.64 Å². The summed E-state index contributed by atoms with van der Waals surface area (Å²) < 4.78 is 45.0. The van der Waals surface area contributed by atoms with Gasteiger partial charge in [-0.25, -0.2) is 17.8 Å². The second kappa shape index (κ2) is 11.7. The molecule has 1 amide bonds. The first-order chi connectivity index (χ1) is 15.3. The molecule has 11 heteroatoms. The number of hydrogen-bond donors (Lipinski definition) is 0. The summed E-state index contributed by atoms with van der Waals surface area (Å²) in [5.41, 5.74) is 0.622. The van der Waals surface area contributed by atoms with Gasteiger partial charge in [-0.2, -0.15) is 0 Å². The van der Waals surface area contributed by atoms with Crippen molar-refractivity contribution in [2.75, 3.05) is 43.9 Å². The Bertz CT molecular complexity index is 1180. The molecule has 180 valence electrons. The molecule has 0 fully saturated rings. The lowest BCUT2D eigenvalue weighted by Gasteiger charge is -2.24. The lowest BCUT2D eigenvalue weighted by atomic mass is 10.3. The average molecular weight is 516 g/mol. The first kappa shape index (κ1) is 27.0. The highest BCUT2D eigenvalue weighted by molar-refractivity contribution is 7.92. The van der Waals surface area contributed by atoms with Gasteiger partial charge < -0.3 is 9.64 Å². The number of carbonyl (C=O) groups is 1. The molecular formula is C22H27ClFN3O4S2. The molecule has 3 rings (SSSR count). The van der Waals surface area contributed by atoms with Gasteiger partial charge in [0.1, 0.15) is 22.8 Å². The van der Waals surface area contributed by atoms with Crippen molar-refractivity contribution in [1.82, 2.24) is 9.88 Å². The molecule has 0 spiro atoms. The number of hydrogen-bond acceptors (Lipinski definition) is 7. The van der Waals surface area contributed by atoms with Crippen LogP contribution in [0.5, 0.6) is 5.75 Å². The van der Waals surface area contributed by atoms with Gasteiger partial charge in [0.05, 0.1) is 16.7 Å². The highest BCUT2D eigenvalue weighted by atomic mass is 35.5. The maximum atomic E-state index is 13.2. The molecule has 0 aliphatic carbocycles. The van der Waals surface area contributed by atoms with Gasteiger partial charge in [-0.3, -0.25) is 9.69 Å². The normalized spacial score (nSPS) is 11.4. The van der Waals surface area contributed by atoms with Crippen LogP contribution in [0.3, 0.4) is 0 Å². The number of methoxy groups -OCH3 is 1. The van der Waals surface area contributed by atoms with Gasteiger partial charge in [0, 0.05) is 13.1 Å². The van der Waals surface area contributed by atoms with E-state index in [1.807, 2.05) is 26.0 Å². The largest absolute Gasteiger partial charge is 0.494 e. The monoisotopic (exact) mass is 515 g/mol. The minimum Gasteiger partial charge on any atom is -0.494 e. The molecule has 0 N–H and O–H groups in total. The Morgan fingerprint density at radius 3 is 2.36 bits per heavy atom. The fourth-order valence-electron chi connectivity index (χ4n) is 3.27. The van der Waals surface area contributed by atoms with Gasteiger partial charge in [0.25, 0.3) is 0 Å². The number of ether oxygens (including phenoxy) is 1. The number of fused-ring (bicyclic) bond motifs is 1. The van der Waals surface area contributed by atoms with Crippen molar-refractivity contribution >= 4 is 54.8 Å². The van der Waals surface area contributed by atoms with E-state index in [-0.39, 0.29) is 17.3 Å². The van der Waals surface area contributed by atoms with Gasteiger partial charge in [0.15, 0.2) is 15.0 Å². The molecule has 7 nitrogen and oxygen atoms in total. The molecule has 0 saturated heterocycles. The number of rotatable bonds is 10. The van der Waals surface area contributed by atoms with E-state index >= 15 is 0 Å². The molecule has 0 aliphatic heterocycles. The van der Waals surface area contributed by atoms with Crippen molar-refractivity contribution in [3.8, 4) is 5.75 Å². The maximum absolute atomic E-state index is 13.2. The quantitative estimate of drug-likeness (QED) is 0.379. The highest BCUT2D eigenvalue weighted by Crippen LogP contribution is 2.34. The van der Waals surface area contributed by atoms with Crippen LogP contribution in [0.25, 0.3) is 10.2 Å². The number of nitrogens with zero attached hydrogens (tertiary/aromatic N) is 3. The summed E-state index contributed by atoms with van der Waals surface area (Å²) in [6.07, 6.45) is 0. The van der Waals surface area contributed by atoms with Crippen LogP contribution in [0.4, 0.5) is 9.52 Å². The SMILES string of the molecule is CCN(CC)CCN(C(=O)CS(=O)(=O)c1ccc(F)cc1)c1nc2c(OC)cccc2s1.Cl. The Labute approximate surface area is 203 Å². The fraction of sp³-hybridized carbons (Fsp3) is 0.364. The predicted octanol–water partition coefficient (Wildman–Crippen LogP) is 4.01. The second-order valence-electron chi connectivity index (χ2n) is 7.09. The summed E-state index contributed by atoms with van der Waals surface area (Å²) in [6.45, 7) is 6.53. The Morgan fingerprint density at radius 1 is 1.09 bits per heavy atom. The fourth-order valence-corrected chi connectivity index (χ4v) is 5.49. The van der Waals surface area contributed by atoms with Crippen LogP contribution in [0.15, 0.2) is 47.4 Å². The second-order valence-corrected chi connectivity index (χ2v) is 10.1. The smallest absolute Gasteiger partial charge is 0.244 e. The zero-order valence-corrected chi connectivity index (χ0v) is 21.1. The van der Waals surface area contributed by atoms with Gasteiger partial charge in [-0.1, -0.05) is 31.3 Å². The third-order valence-corrected chi connectivity index (χ3v) is 7.80. The van der Waals surface area contributed by atoms with Crippen molar-refractivity contribution in [2.45, 2.75) is 18.7 Å². The van der Waals surface area contributed by atoms with Crippen LogP contribution >= 0.6 is 23.7 Å². The van der Waals surface area contributed by atoms with Crippen molar-refractivity contribution in [3.63, 3.8) is 0 Å². The first-order valence-corrected chi connectivity index (χ1v) is 12.7. The van der Waals surface area contributed by atoms with Crippen LogP contribution in [0.1, 0.15) is 13.8 Å². The van der Waals surface area contributed by atoms with Gasteiger partial charge in [0.2, 0.25) is 5.91 Å². The molecule has 0 saturated carbocycles. The number of aromatic nitrogens is 1. The number of benzene rings is 2. The van der Waals surface area contributed by atoms with Gasteiger partial charge >= 0.3 is 0 Å². The van der Waals surface area contributed by atoms with Crippen LogP contribution in [0.2, 0.25) is 0 Å². The minimum atomic E-state index is -3.94. The van der Waals surface area contributed by atoms with Crippen molar-refractivity contribution in [3.05, 3.63) is 48.3 Å². The highest BCUT2D eigenvalue weighted by Gasteiger charge is 2.27. The third-order valence-electron chi connectivity index (χ3n) is 5.14. The molecule has 3 aromatic rings. The van der Waals surface area contributed by atoms with E-state index in [2.05, 4.69) is 9.88 Å². The van der Waals surface area contributed by atoms with Crippen LogP contribution in [-0.2, 0) is 14.6 Å². The molecule has 2 aromatic carbocycles. The summed E-state index contributed by atoms with van der Waals surface area (Å²) in [5, 5.41) is 0.413. The topological polar surface area (TPSA) is 79.8 Å². The number of anilines is 1. The third kappa shape index (κ3) is 6.41. The summed E-state index contributed by atoms with van der Waals surface area (Å²) in [7, 11) is -2.39. The van der Waals surface area contributed by atoms with Crippen LogP contribution in [0, 0.1) is 5.82 Å². The van der Waals surface area contributed by atoms with Gasteiger partial charge in [-0.05, 0) is 49.5 Å². The number of thiazole rings is 1. The zero-order valence-electron chi connectivity index (χ0n) is 18.7. The molecule has 1 aromatic heterocycles. The maximum Gasteiger partial charge on any atom is 0.244 e. The average Bonchev–Trinajstić information content (AvgIpc) is 3.20. The summed E-state index contributed by atoms with van der Waals surface area (Å²) in [4.78, 5) is 21.3. The Morgan fingerprint density at radius 2 is 1.76 bits per heavy atom. The van der Waals surface area contributed by atoms with E-state index in [9.17, 15) is 17.6 Å². The summed E-state index contributed by atoms with van der Waals surface area (Å²) >= 11 is 1.30. The molecule has 0 radical (unpaired) electrons. The molecular weight excluding hydrogens is 489 g/mol. The molecule has 33 heavy (non-hydrogen) atoms. The molecule has 0 bridgehead atoms. The zero-order chi connectivity index (χ0) is 23.3. The van der Waals surface area contributed by atoms with E-state index < -0.39 is 27.3 Å².